The van der Waals surface area contributed by atoms with Gasteiger partial charge in [0.15, 0.2) is 0 Å². The molecular formula is C23H30FN3O3S. The Hall–Kier alpha value is -2.16. The first-order valence-electron chi connectivity index (χ1n) is 10.8. The van der Waals surface area contributed by atoms with E-state index in [2.05, 4.69) is 22.2 Å². The predicted molar refractivity (Wildman–Crippen MR) is 121 cm³/mol. The van der Waals surface area contributed by atoms with Crippen LogP contribution in [0.25, 0.3) is 0 Å². The van der Waals surface area contributed by atoms with E-state index in [4.69, 9.17) is 4.74 Å². The van der Waals surface area contributed by atoms with Crippen LogP contribution in [-0.4, -0.2) is 53.0 Å². The van der Waals surface area contributed by atoms with Crippen molar-refractivity contribution in [3.63, 3.8) is 0 Å². The van der Waals surface area contributed by atoms with E-state index in [1.165, 1.54) is 11.6 Å². The molecule has 2 N–H and O–H groups in total. The number of fused-ring (bicyclic) bond motifs is 1. The Labute approximate surface area is 183 Å². The fourth-order valence-corrected chi connectivity index (χ4v) is 5.78. The van der Waals surface area contributed by atoms with Gasteiger partial charge in [0.2, 0.25) is 10.0 Å². The monoisotopic (exact) mass is 447 g/mol. The smallest absolute Gasteiger partial charge is 0.211 e. The zero-order valence-electron chi connectivity index (χ0n) is 18.0. The third-order valence-corrected chi connectivity index (χ3v) is 7.73. The molecule has 1 fully saturated rings. The average Bonchev–Trinajstić information content (AvgIpc) is 2.71. The lowest BCUT2D eigenvalue weighted by atomic mass is 9.83. The van der Waals surface area contributed by atoms with Crippen LogP contribution in [-0.2, 0) is 16.4 Å². The summed E-state index contributed by atoms with van der Waals surface area (Å²) in [6.45, 7) is 3.24. The SMILES string of the molecule is CCCS(=O)(=O)NC1CN(c2cc3c(cc2F)OC[C@H](NC)[C@@H]3Cc2ccccc2)C1. The molecule has 2 aromatic rings. The first-order chi connectivity index (χ1) is 14.9. The highest BCUT2D eigenvalue weighted by atomic mass is 32.2. The van der Waals surface area contributed by atoms with E-state index < -0.39 is 10.0 Å². The normalized spacial score (nSPS) is 21.3. The van der Waals surface area contributed by atoms with E-state index in [0.717, 1.165) is 12.0 Å². The van der Waals surface area contributed by atoms with Gasteiger partial charge in [-0.2, -0.15) is 0 Å². The number of benzene rings is 2. The number of sulfonamides is 1. The van der Waals surface area contributed by atoms with Gasteiger partial charge >= 0.3 is 0 Å². The van der Waals surface area contributed by atoms with Gasteiger partial charge in [0, 0.05) is 36.7 Å². The van der Waals surface area contributed by atoms with Crippen LogP contribution in [0, 0.1) is 5.82 Å². The van der Waals surface area contributed by atoms with Crippen LogP contribution in [0.5, 0.6) is 5.75 Å². The molecule has 0 bridgehead atoms. The van der Waals surface area contributed by atoms with Crippen LogP contribution in [0.2, 0.25) is 0 Å². The maximum absolute atomic E-state index is 14.9. The molecule has 2 aliphatic rings. The Morgan fingerprint density at radius 2 is 1.94 bits per heavy atom. The standard InChI is InChI=1S/C23H30FN3O3S/c1-3-9-31(28,29)26-17-13-27(14-17)22-11-19-18(10-16-7-5-4-6-8-16)21(25-2)15-30-23(19)12-20(22)24/h4-8,11-12,17-18,21,25-26H,3,9-10,13-15H2,1-2H3/t18-,21+/m1/s1. The molecule has 2 aliphatic heterocycles. The Morgan fingerprint density at radius 1 is 1.19 bits per heavy atom. The van der Waals surface area contributed by atoms with Crippen molar-refractivity contribution in [2.45, 2.75) is 37.8 Å². The molecule has 0 radical (unpaired) electrons. The number of likely N-dealkylation sites (N-methyl/N-ethyl adjacent to an activating group) is 1. The minimum atomic E-state index is -3.27. The number of ether oxygens (including phenoxy) is 1. The summed E-state index contributed by atoms with van der Waals surface area (Å²) in [5.74, 6) is 0.515. The number of anilines is 1. The van der Waals surface area contributed by atoms with Gasteiger partial charge < -0.3 is 15.0 Å². The number of hydrogen-bond acceptors (Lipinski definition) is 5. The van der Waals surface area contributed by atoms with Gasteiger partial charge in [-0.05, 0) is 31.5 Å². The minimum absolute atomic E-state index is 0.112. The first-order valence-corrected chi connectivity index (χ1v) is 12.5. The van der Waals surface area contributed by atoms with Crippen LogP contribution < -0.4 is 19.7 Å². The zero-order valence-corrected chi connectivity index (χ0v) is 18.8. The summed E-state index contributed by atoms with van der Waals surface area (Å²) in [7, 11) is -1.35. The second-order valence-corrected chi connectivity index (χ2v) is 10.3. The number of rotatable bonds is 8. The number of halogens is 1. The Kier molecular flexibility index (Phi) is 6.50. The quantitative estimate of drug-likeness (QED) is 0.651. The third kappa shape index (κ3) is 4.86. The molecule has 6 nitrogen and oxygen atoms in total. The van der Waals surface area contributed by atoms with Crippen molar-refractivity contribution >= 4 is 15.7 Å². The lowest BCUT2D eigenvalue weighted by Crippen LogP contribution is -2.60. The molecule has 2 aromatic carbocycles. The fraction of sp³-hybridized carbons (Fsp3) is 0.478. The predicted octanol–water partition coefficient (Wildman–Crippen LogP) is 2.65. The molecule has 168 valence electrons. The van der Waals surface area contributed by atoms with Gasteiger partial charge in [-0.3, -0.25) is 0 Å². The molecule has 0 saturated carbocycles. The van der Waals surface area contributed by atoms with Gasteiger partial charge in [0.05, 0.1) is 17.5 Å². The maximum atomic E-state index is 14.9. The van der Waals surface area contributed by atoms with Crippen molar-refractivity contribution in [1.29, 1.82) is 0 Å². The molecule has 0 aromatic heterocycles. The zero-order chi connectivity index (χ0) is 22.0. The third-order valence-electron chi connectivity index (χ3n) is 6.09. The van der Waals surface area contributed by atoms with Crippen LogP contribution in [0.15, 0.2) is 42.5 Å². The highest BCUT2D eigenvalue weighted by molar-refractivity contribution is 7.89. The molecule has 0 unspecified atom stereocenters. The molecular weight excluding hydrogens is 417 g/mol. The van der Waals surface area contributed by atoms with E-state index in [9.17, 15) is 12.8 Å². The first kappa shape index (κ1) is 22.0. The lowest BCUT2D eigenvalue weighted by Gasteiger charge is -2.42. The summed E-state index contributed by atoms with van der Waals surface area (Å²) >= 11 is 0. The average molecular weight is 448 g/mol. The van der Waals surface area contributed by atoms with Gasteiger partial charge in [-0.1, -0.05) is 37.3 Å². The summed E-state index contributed by atoms with van der Waals surface area (Å²) in [4.78, 5) is 1.89. The number of nitrogens with zero attached hydrogens (tertiary/aromatic N) is 1. The summed E-state index contributed by atoms with van der Waals surface area (Å²) in [6, 6.07) is 13.6. The summed E-state index contributed by atoms with van der Waals surface area (Å²) in [5, 5.41) is 3.34. The van der Waals surface area contributed by atoms with Crippen molar-refractivity contribution in [3.05, 3.63) is 59.4 Å². The van der Waals surface area contributed by atoms with Gasteiger partial charge in [0.1, 0.15) is 18.2 Å². The van der Waals surface area contributed by atoms with Crippen LogP contribution in [0.3, 0.4) is 0 Å². The molecule has 31 heavy (non-hydrogen) atoms. The van der Waals surface area contributed by atoms with Crippen molar-refractivity contribution in [1.82, 2.24) is 10.0 Å². The summed E-state index contributed by atoms with van der Waals surface area (Å²) in [5.41, 5.74) is 2.71. The summed E-state index contributed by atoms with van der Waals surface area (Å²) < 4.78 is 47.4. The second-order valence-electron chi connectivity index (χ2n) is 8.38. The Morgan fingerprint density at radius 3 is 2.61 bits per heavy atom. The van der Waals surface area contributed by atoms with Crippen LogP contribution in [0.1, 0.15) is 30.4 Å². The van der Waals surface area contributed by atoms with Crippen molar-refractivity contribution in [2.75, 3.05) is 37.4 Å². The minimum Gasteiger partial charge on any atom is -0.492 e. The Bertz CT molecular complexity index is 1010. The van der Waals surface area contributed by atoms with Crippen molar-refractivity contribution in [2.24, 2.45) is 0 Å². The van der Waals surface area contributed by atoms with Gasteiger partial charge in [0.25, 0.3) is 0 Å². The van der Waals surface area contributed by atoms with E-state index in [1.54, 1.807) is 0 Å². The molecule has 0 spiro atoms. The van der Waals surface area contributed by atoms with Crippen LogP contribution >= 0.6 is 0 Å². The highest BCUT2D eigenvalue weighted by Crippen LogP contribution is 2.40. The number of hydrogen-bond donors (Lipinski definition) is 2. The molecule has 0 aliphatic carbocycles. The van der Waals surface area contributed by atoms with E-state index >= 15 is 0 Å². The molecule has 2 heterocycles. The molecule has 0 amide bonds. The molecule has 1 saturated heterocycles. The highest BCUT2D eigenvalue weighted by Gasteiger charge is 2.35. The largest absolute Gasteiger partial charge is 0.492 e. The van der Waals surface area contributed by atoms with E-state index in [0.29, 0.717) is 37.6 Å². The topological polar surface area (TPSA) is 70.7 Å². The lowest BCUT2D eigenvalue weighted by molar-refractivity contribution is 0.218. The molecule has 8 heteroatoms. The summed E-state index contributed by atoms with van der Waals surface area (Å²) in [6.07, 6.45) is 1.40. The molecule has 4 rings (SSSR count). The van der Waals surface area contributed by atoms with E-state index in [1.807, 2.05) is 43.1 Å². The van der Waals surface area contributed by atoms with Crippen molar-refractivity contribution in [3.8, 4) is 5.75 Å². The Balaban J connectivity index is 1.55. The van der Waals surface area contributed by atoms with E-state index in [-0.39, 0.29) is 29.6 Å². The molecule has 2 atom stereocenters. The fourth-order valence-electron chi connectivity index (χ4n) is 4.47. The van der Waals surface area contributed by atoms with Crippen molar-refractivity contribution < 1.29 is 17.5 Å². The maximum Gasteiger partial charge on any atom is 0.211 e. The second kappa shape index (κ2) is 9.14. The van der Waals surface area contributed by atoms with Crippen LogP contribution in [0.4, 0.5) is 10.1 Å². The van der Waals surface area contributed by atoms with Gasteiger partial charge in [-0.15, -0.1) is 0 Å². The van der Waals surface area contributed by atoms with Gasteiger partial charge in [-0.25, -0.2) is 17.5 Å². The number of nitrogens with one attached hydrogen (secondary N) is 2.